The second kappa shape index (κ2) is 4.89. The molecule has 98 valence electrons. The van der Waals surface area contributed by atoms with Crippen LogP contribution in [0.5, 0.6) is 0 Å². The van der Waals surface area contributed by atoms with Crippen molar-refractivity contribution in [3.05, 3.63) is 0 Å². The van der Waals surface area contributed by atoms with Gasteiger partial charge in [0, 0.05) is 13.2 Å². The third kappa shape index (κ3) is 2.39. The zero-order valence-corrected chi connectivity index (χ0v) is 11.3. The molecule has 3 rings (SSSR count). The minimum atomic E-state index is 0.561. The number of ether oxygens (including phenoxy) is 1. The van der Waals surface area contributed by atoms with Crippen LogP contribution in [0, 0.1) is 5.41 Å². The summed E-state index contributed by atoms with van der Waals surface area (Å²) in [7, 11) is 1.86. The Kier molecular flexibility index (Phi) is 3.45. The van der Waals surface area contributed by atoms with Gasteiger partial charge in [-0.15, -0.1) is 0 Å². The molecule has 0 unspecified atom stereocenters. The van der Waals surface area contributed by atoms with Crippen molar-refractivity contribution in [3.63, 3.8) is 0 Å². The molecule has 0 aromatic carbocycles. The van der Waals surface area contributed by atoms with Gasteiger partial charge >= 0.3 is 0 Å². The molecule has 1 heterocycles. The summed E-state index contributed by atoms with van der Waals surface area (Å²) in [5.74, 6) is 0. The van der Waals surface area contributed by atoms with E-state index in [-0.39, 0.29) is 0 Å². The van der Waals surface area contributed by atoms with Crippen molar-refractivity contribution < 1.29 is 4.74 Å². The summed E-state index contributed by atoms with van der Waals surface area (Å²) < 4.78 is 5.39. The van der Waals surface area contributed by atoms with Crippen LogP contribution in [-0.4, -0.2) is 37.2 Å². The maximum atomic E-state index is 5.39. The number of likely N-dealkylation sites (tertiary alicyclic amines) is 1. The molecule has 0 N–H and O–H groups in total. The second-order valence-electron chi connectivity index (χ2n) is 6.58. The Morgan fingerprint density at radius 1 is 0.941 bits per heavy atom. The van der Waals surface area contributed by atoms with E-state index < -0.39 is 0 Å². The minimum Gasteiger partial charge on any atom is -0.381 e. The van der Waals surface area contributed by atoms with Crippen molar-refractivity contribution in [2.75, 3.05) is 20.2 Å². The van der Waals surface area contributed by atoms with Crippen molar-refractivity contribution in [1.29, 1.82) is 0 Å². The highest BCUT2D eigenvalue weighted by atomic mass is 16.5. The van der Waals surface area contributed by atoms with Gasteiger partial charge in [-0.2, -0.15) is 0 Å². The van der Waals surface area contributed by atoms with Crippen LogP contribution in [0.15, 0.2) is 0 Å². The van der Waals surface area contributed by atoms with E-state index in [1.807, 2.05) is 7.11 Å². The average molecular weight is 237 g/mol. The van der Waals surface area contributed by atoms with Gasteiger partial charge in [-0.25, -0.2) is 0 Å². The SMILES string of the molecule is COC1CC(N2CCC3(CCCCC3)CC2)C1. The Morgan fingerprint density at radius 3 is 2.18 bits per heavy atom. The summed E-state index contributed by atoms with van der Waals surface area (Å²) in [6.45, 7) is 2.72. The zero-order valence-electron chi connectivity index (χ0n) is 11.3. The fourth-order valence-corrected chi connectivity index (χ4v) is 4.19. The molecule has 3 aliphatic rings. The Bertz CT molecular complexity index is 244. The summed E-state index contributed by atoms with van der Waals surface area (Å²) in [6, 6.07) is 0.848. The van der Waals surface area contributed by atoms with Gasteiger partial charge in [0.1, 0.15) is 0 Å². The first kappa shape index (κ1) is 12.0. The van der Waals surface area contributed by atoms with Gasteiger partial charge in [0.05, 0.1) is 6.10 Å². The van der Waals surface area contributed by atoms with E-state index in [1.54, 1.807) is 0 Å². The highest BCUT2D eigenvalue weighted by Gasteiger charge is 2.40. The summed E-state index contributed by atoms with van der Waals surface area (Å²) in [5.41, 5.74) is 0.763. The molecule has 2 nitrogen and oxygen atoms in total. The van der Waals surface area contributed by atoms with E-state index in [9.17, 15) is 0 Å². The summed E-state index contributed by atoms with van der Waals surface area (Å²) >= 11 is 0. The fraction of sp³-hybridized carbons (Fsp3) is 1.00. The Morgan fingerprint density at radius 2 is 1.59 bits per heavy atom. The lowest BCUT2D eigenvalue weighted by molar-refractivity contribution is -0.0496. The molecular formula is C15H27NO. The maximum Gasteiger partial charge on any atom is 0.0601 e. The van der Waals surface area contributed by atoms with E-state index in [1.165, 1.54) is 70.9 Å². The summed E-state index contributed by atoms with van der Waals surface area (Å²) in [5, 5.41) is 0. The third-order valence-corrected chi connectivity index (χ3v) is 5.69. The first-order valence-corrected chi connectivity index (χ1v) is 7.58. The first-order chi connectivity index (χ1) is 8.31. The van der Waals surface area contributed by atoms with E-state index in [4.69, 9.17) is 4.74 Å². The monoisotopic (exact) mass is 237 g/mol. The van der Waals surface area contributed by atoms with E-state index in [0.29, 0.717) is 6.10 Å². The quantitative estimate of drug-likeness (QED) is 0.731. The van der Waals surface area contributed by atoms with Gasteiger partial charge in [-0.1, -0.05) is 19.3 Å². The van der Waals surface area contributed by atoms with Crippen LogP contribution in [0.2, 0.25) is 0 Å². The van der Waals surface area contributed by atoms with Crippen molar-refractivity contribution in [1.82, 2.24) is 4.90 Å². The van der Waals surface area contributed by atoms with E-state index >= 15 is 0 Å². The molecular weight excluding hydrogens is 210 g/mol. The normalized spacial score (nSPS) is 37.9. The molecule has 3 fully saturated rings. The second-order valence-corrected chi connectivity index (χ2v) is 6.58. The van der Waals surface area contributed by atoms with Gasteiger partial charge in [-0.3, -0.25) is 0 Å². The van der Waals surface area contributed by atoms with Crippen LogP contribution in [0.25, 0.3) is 0 Å². The Balaban J connectivity index is 1.47. The molecule has 0 aromatic rings. The van der Waals surface area contributed by atoms with Crippen LogP contribution in [0.4, 0.5) is 0 Å². The van der Waals surface area contributed by atoms with Crippen molar-refractivity contribution >= 4 is 0 Å². The third-order valence-electron chi connectivity index (χ3n) is 5.69. The van der Waals surface area contributed by atoms with E-state index in [2.05, 4.69) is 4.90 Å². The zero-order chi connectivity index (χ0) is 11.7. The smallest absolute Gasteiger partial charge is 0.0601 e. The number of piperidine rings is 1. The number of hydrogen-bond acceptors (Lipinski definition) is 2. The van der Waals surface area contributed by atoms with Crippen LogP contribution >= 0.6 is 0 Å². The number of hydrogen-bond donors (Lipinski definition) is 0. The van der Waals surface area contributed by atoms with Crippen LogP contribution in [0.1, 0.15) is 57.8 Å². The maximum absolute atomic E-state index is 5.39. The largest absolute Gasteiger partial charge is 0.381 e. The molecule has 2 saturated carbocycles. The van der Waals surface area contributed by atoms with Crippen molar-refractivity contribution in [2.45, 2.75) is 69.9 Å². The topological polar surface area (TPSA) is 12.5 Å². The van der Waals surface area contributed by atoms with Gasteiger partial charge in [0.25, 0.3) is 0 Å². The van der Waals surface area contributed by atoms with Crippen LogP contribution in [-0.2, 0) is 4.74 Å². The lowest BCUT2D eigenvalue weighted by atomic mass is 9.67. The van der Waals surface area contributed by atoms with E-state index in [0.717, 1.165) is 11.5 Å². The number of rotatable bonds is 2. The first-order valence-electron chi connectivity index (χ1n) is 7.58. The molecule has 1 aliphatic heterocycles. The molecule has 0 bridgehead atoms. The molecule has 2 aliphatic carbocycles. The lowest BCUT2D eigenvalue weighted by Gasteiger charge is -2.49. The van der Waals surface area contributed by atoms with Gasteiger partial charge in [-0.05, 0) is 57.0 Å². The van der Waals surface area contributed by atoms with Gasteiger partial charge < -0.3 is 9.64 Å². The van der Waals surface area contributed by atoms with Crippen molar-refractivity contribution in [3.8, 4) is 0 Å². The molecule has 17 heavy (non-hydrogen) atoms. The molecule has 2 heteroatoms. The Hall–Kier alpha value is -0.0800. The average Bonchev–Trinajstić information content (AvgIpc) is 2.32. The molecule has 0 radical (unpaired) electrons. The predicted octanol–water partition coefficient (Wildman–Crippen LogP) is 3.21. The van der Waals surface area contributed by atoms with Crippen LogP contribution in [0.3, 0.4) is 0 Å². The minimum absolute atomic E-state index is 0.561. The molecule has 0 aromatic heterocycles. The molecule has 0 atom stereocenters. The Labute approximate surface area is 106 Å². The van der Waals surface area contributed by atoms with Crippen LogP contribution < -0.4 is 0 Å². The van der Waals surface area contributed by atoms with Crippen molar-refractivity contribution in [2.24, 2.45) is 5.41 Å². The predicted molar refractivity (Wildman–Crippen MR) is 70.1 cm³/mol. The number of methoxy groups -OCH3 is 1. The molecule has 1 saturated heterocycles. The van der Waals surface area contributed by atoms with Gasteiger partial charge in [0.15, 0.2) is 0 Å². The highest BCUT2D eigenvalue weighted by Crippen LogP contribution is 2.45. The highest BCUT2D eigenvalue weighted by molar-refractivity contribution is 4.94. The number of nitrogens with zero attached hydrogens (tertiary/aromatic N) is 1. The fourth-order valence-electron chi connectivity index (χ4n) is 4.19. The lowest BCUT2D eigenvalue weighted by Crippen LogP contribution is -2.52. The van der Waals surface area contributed by atoms with Gasteiger partial charge in [0.2, 0.25) is 0 Å². The molecule has 1 spiro atoms. The standard InChI is InChI=1S/C15H27NO/c1-17-14-11-13(12-14)16-9-7-15(8-10-16)5-3-2-4-6-15/h13-14H,2-12H2,1H3. The summed E-state index contributed by atoms with van der Waals surface area (Å²) in [4.78, 5) is 2.75. The molecule has 0 amide bonds. The summed E-state index contributed by atoms with van der Waals surface area (Å²) in [6.07, 6.45) is 13.6.